The SMILES string of the molecule is COc1cc(-n2cc(-c3ccc(NC(=O)Nc4cc(C(C)(C)C)on4)cc3)nn2)ccc1OCCN1CCOCC1. The van der Waals surface area contributed by atoms with Crippen LogP contribution in [0.3, 0.4) is 0 Å². The average molecular weight is 562 g/mol. The van der Waals surface area contributed by atoms with Gasteiger partial charge >= 0.3 is 6.03 Å². The molecule has 0 bridgehead atoms. The van der Waals surface area contributed by atoms with Gasteiger partial charge in [-0.2, -0.15) is 0 Å². The van der Waals surface area contributed by atoms with E-state index in [4.69, 9.17) is 18.7 Å². The molecular formula is C29H35N7O5. The first kappa shape index (κ1) is 28.1. The van der Waals surface area contributed by atoms with E-state index in [1.165, 1.54) is 0 Å². The minimum atomic E-state index is -0.417. The largest absolute Gasteiger partial charge is 0.493 e. The predicted octanol–water partition coefficient (Wildman–Crippen LogP) is 4.58. The van der Waals surface area contributed by atoms with Crippen LogP contribution in [0.2, 0.25) is 0 Å². The quantitative estimate of drug-likeness (QED) is 0.302. The number of rotatable bonds is 9. The van der Waals surface area contributed by atoms with E-state index in [0.717, 1.165) is 44.1 Å². The third-order valence-electron chi connectivity index (χ3n) is 6.60. The summed E-state index contributed by atoms with van der Waals surface area (Å²) < 4.78 is 23.9. The molecule has 1 saturated heterocycles. The van der Waals surface area contributed by atoms with Gasteiger partial charge in [-0.05, 0) is 24.3 Å². The number of carbonyl (C=O) groups excluding carboxylic acids is 1. The lowest BCUT2D eigenvalue weighted by molar-refractivity contribution is 0.0321. The number of amides is 2. The number of nitrogens with one attached hydrogen (secondary N) is 2. The maximum atomic E-state index is 12.4. The van der Waals surface area contributed by atoms with Crippen LogP contribution in [-0.4, -0.2) is 77.6 Å². The Bertz CT molecular complexity index is 1450. The molecule has 216 valence electrons. The van der Waals surface area contributed by atoms with Crippen LogP contribution in [-0.2, 0) is 10.2 Å². The van der Waals surface area contributed by atoms with E-state index in [-0.39, 0.29) is 5.41 Å². The summed E-state index contributed by atoms with van der Waals surface area (Å²) in [6.07, 6.45) is 1.83. The minimum Gasteiger partial charge on any atom is -0.493 e. The van der Waals surface area contributed by atoms with E-state index < -0.39 is 6.03 Å². The Morgan fingerprint density at radius 1 is 1.02 bits per heavy atom. The highest BCUT2D eigenvalue weighted by atomic mass is 16.5. The Balaban J connectivity index is 1.18. The minimum absolute atomic E-state index is 0.200. The molecule has 0 atom stereocenters. The maximum Gasteiger partial charge on any atom is 0.324 e. The van der Waals surface area contributed by atoms with Gasteiger partial charge in [-0.25, -0.2) is 9.48 Å². The van der Waals surface area contributed by atoms with Gasteiger partial charge in [0.25, 0.3) is 0 Å². The van der Waals surface area contributed by atoms with E-state index in [1.54, 1.807) is 30.0 Å². The van der Waals surface area contributed by atoms with Crippen LogP contribution in [0.15, 0.2) is 59.3 Å². The zero-order valence-corrected chi connectivity index (χ0v) is 23.7. The van der Waals surface area contributed by atoms with E-state index in [1.807, 2.05) is 57.3 Å². The Kier molecular flexibility index (Phi) is 8.50. The Morgan fingerprint density at radius 3 is 2.51 bits per heavy atom. The third-order valence-corrected chi connectivity index (χ3v) is 6.60. The lowest BCUT2D eigenvalue weighted by Crippen LogP contribution is -2.38. The molecule has 0 radical (unpaired) electrons. The van der Waals surface area contributed by atoms with Gasteiger partial charge in [-0.15, -0.1) is 5.10 Å². The van der Waals surface area contributed by atoms with Crippen LogP contribution in [0.25, 0.3) is 16.9 Å². The molecule has 2 N–H and O–H groups in total. The maximum absolute atomic E-state index is 12.4. The van der Waals surface area contributed by atoms with Crippen LogP contribution in [0, 0.1) is 0 Å². The standard InChI is InChI=1S/C29H35N7O5/c1-29(2,3)26-18-27(33-41-26)31-28(37)30-21-7-5-20(6-8-21)23-19-36(34-32-23)22-9-10-24(25(17-22)38-4)40-16-13-35-11-14-39-15-12-35/h5-10,17-19H,11-16H2,1-4H3,(H2,30,31,33,37). The highest BCUT2D eigenvalue weighted by Crippen LogP contribution is 2.30. The lowest BCUT2D eigenvalue weighted by Gasteiger charge is -2.26. The first-order chi connectivity index (χ1) is 19.8. The summed E-state index contributed by atoms with van der Waals surface area (Å²) in [5.41, 5.74) is 2.74. The summed E-state index contributed by atoms with van der Waals surface area (Å²) in [4.78, 5) is 14.7. The molecule has 2 aromatic carbocycles. The third kappa shape index (κ3) is 7.21. The number of urea groups is 1. The molecule has 1 aliphatic rings. The second-order valence-electron chi connectivity index (χ2n) is 10.7. The summed E-state index contributed by atoms with van der Waals surface area (Å²) in [6, 6.07) is 14.3. The number of methoxy groups -OCH3 is 1. The lowest BCUT2D eigenvalue weighted by atomic mass is 9.93. The van der Waals surface area contributed by atoms with Gasteiger partial charge in [-0.3, -0.25) is 10.2 Å². The van der Waals surface area contributed by atoms with E-state index in [2.05, 4.69) is 31.0 Å². The fourth-order valence-corrected chi connectivity index (χ4v) is 4.24. The summed E-state index contributed by atoms with van der Waals surface area (Å²) in [5, 5.41) is 18.0. The smallest absolute Gasteiger partial charge is 0.324 e. The molecule has 0 spiro atoms. The molecule has 41 heavy (non-hydrogen) atoms. The summed E-state index contributed by atoms with van der Waals surface area (Å²) in [6.45, 7) is 10.8. The number of nitrogens with zero attached hydrogens (tertiary/aromatic N) is 5. The molecule has 12 heteroatoms. The highest BCUT2D eigenvalue weighted by molar-refractivity contribution is 5.99. The fraction of sp³-hybridized carbons (Fsp3) is 0.379. The molecule has 5 rings (SSSR count). The van der Waals surface area contributed by atoms with E-state index >= 15 is 0 Å². The summed E-state index contributed by atoms with van der Waals surface area (Å²) in [5.74, 6) is 2.34. The van der Waals surface area contributed by atoms with Gasteiger partial charge in [0, 0.05) is 48.4 Å². The van der Waals surface area contributed by atoms with Crippen molar-refractivity contribution in [2.45, 2.75) is 26.2 Å². The Hall–Kier alpha value is -4.42. The molecule has 4 aromatic rings. The summed E-state index contributed by atoms with van der Waals surface area (Å²) in [7, 11) is 1.62. The van der Waals surface area contributed by atoms with Gasteiger partial charge in [0.05, 0.1) is 32.2 Å². The van der Waals surface area contributed by atoms with Gasteiger partial charge in [-0.1, -0.05) is 43.3 Å². The molecule has 0 saturated carbocycles. The van der Waals surface area contributed by atoms with Crippen molar-refractivity contribution < 1.29 is 23.5 Å². The average Bonchev–Trinajstić information content (AvgIpc) is 3.65. The number of ether oxygens (including phenoxy) is 3. The van der Waals surface area contributed by atoms with E-state index in [9.17, 15) is 4.79 Å². The van der Waals surface area contributed by atoms with Crippen molar-refractivity contribution in [3.63, 3.8) is 0 Å². The fourth-order valence-electron chi connectivity index (χ4n) is 4.24. The monoisotopic (exact) mass is 561 g/mol. The number of anilines is 2. The Morgan fingerprint density at radius 2 is 1.80 bits per heavy atom. The molecule has 2 aromatic heterocycles. The van der Waals surface area contributed by atoms with E-state index in [0.29, 0.717) is 41.1 Å². The zero-order valence-electron chi connectivity index (χ0n) is 23.7. The Labute approximate surface area is 238 Å². The molecular weight excluding hydrogens is 526 g/mol. The normalized spacial score (nSPS) is 14.0. The van der Waals surface area contributed by atoms with Crippen molar-refractivity contribution in [3.8, 4) is 28.4 Å². The molecule has 1 aliphatic heterocycles. The van der Waals surface area contributed by atoms with Gasteiger partial charge in [0.2, 0.25) is 0 Å². The van der Waals surface area contributed by atoms with Crippen LogP contribution in [0.4, 0.5) is 16.3 Å². The molecule has 0 unspecified atom stereocenters. The zero-order chi connectivity index (χ0) is 28.8. The molecule has 1 fully saturated rings. The number of hydrogen-bond acceptors (Lipinski definition) is 9. The first-order valence-electron chi connectivity index (χ1n) is 13.5. The second kappa shape index (κ2) is 12.4. The number of aromatic nitrogens is 4. The second-order valence-corrected chi connectivity index (χ2v) is 10.7. The van der Waals surface area contributed by atoms with Crippen molar-refractivity contribution in [2.24, 2.45) is 0 Å². The van der Waals surface area contributed by atoms with Crippen molar-refractivity contribution in [1.29, 1.82) is 0 Å². The summed E-state index contributed by atoms with van der Waals surface area (Å²) >= 11 is 0. The molecule has 12 nitrogen and oxygen atoms in total. The molecule has 3 heterocycles. The van der Waals surface area contributed by atoms with Crippen LogP contribution in [0.1, 0.15) is 26.5 Å². The van der Waals surface area contributed by atoms with Crippen LogP contribution >= 0.6 is 0 Å². The van der Waals surface area contributed by atoms with Crippen LogP contribution in [0.5, 0.6) is 11.5 Å². The number of benzene rings is 2. The van der Waals surface area contributed by atoms with Gasteiger partial charge in [0.15, 0.2) is 17.3 Å². The first-order valence-corrected chi connectivity index (χ1v) is 13.5. The highest BCUT2D eigenvalue weighted by Gasteiger charge is 2.20. The number of morpholine rings is 1. The number of carbonyl (C=O) groups is 1. The van der Waals surface area contributed by atoms with Crippen LogP contribution < -0.4 is 20.1 Å². The van der Waals surface area contributed by atoms with Crippen molar-refractivity contribution in [1.82, 2.24) is 25.1 Å². The van der Waals surface area contributed by atoms with Crippen molar-refractivity contribution >= 4 is 17.5 Å². The topological polar surface area (TPSA) is 129 Å². The molecule has 0 aliphatic carbocycles. The number of hydrogen-bond donors (Lipinski definition) is 2. The molecule has 2 amide bonds. The van der Waals surface area contributed by atoms with Crippen molar-refractivity contribution in [2.75, 3.05) is 57.2 Å². The van der Waals surface area contributed by atoms with Gasteiger partial charge in [0.1, 0.15) is 18.1 Å². The van der Waals surface area contributed by atoms with Crippen molar-refractivity contribution in [3.05, 3.63) is 60.5 Å². The predicted molar refractivity (Wildman–Crippen MR) is 154 cm³/mol. The van der Waals surface area contributed by atoms with Gasteiger partial charge < -0.3 is 24.1 Å².